The zero-order valence-corrected chi connectivity index (χ0v) is 17.7. The Bertz CT molecular complexity index is 915. The molecule has 3 aromatic carbocycles. The molecule has 0 aliphatic heterocycles. The number of ether oxygens (including phenoxy) is 1. The molecule has 1 N–H and O–H groups in total. The zero-order chi connectivity index (χ0) is 20.3. The van der Waals surface area contributed by atoms with Crippen molar-refractivity contribution in [3.63, 3.8) is 0 Å². The van der Waals surface area contributed by atoms with Gasteiger partial charge in [0.1, 0.15) is 5.75 Å². The Morgan fingerprint density at radius 2 is 1.40 bits per heavy atom. The van der Waals surface area contributed by atoms with E-state index in [2.05, 4.69) is 84.2 Å². The number of hydrogen-bond donors (Lipinski definition) is 1. The van der Waals surface area contributed by atoms with Gasteiger partial charge in [0.2, 0.25) is 0 Å². The lowest BCUT2D eigenvalue weighted by Crippen LogP contribution is -2.43. The Morgan fingerprint density at radius 1 is 0.800 bits per heavy atom. The number of hydrogen-bond acceptors (Lipinski definition) is 2. The summed E-state index contributed by atoms with van der Waals surface area (Å²) in [7, 11) is 1.76. The van der Waals surface area contributed by atoms with Crippen molar-refractivity contribution in [2.45, 2.75) is 37.8 Å². The van der Waals surface area contributed by atoms with Gasteiger partial charge in [0.25, 0.3) is 0 Å². The van der Waals surface area contributed by atoms with E-state index in [0.29, 0.717) is 17.9 Å². The topological polar surface area (TPSA) is 21.3 Å². The van der Waals surface area contributed by atoms with E-state index in [0.717, 1.165) is 24.1 Å². The monoisotopic (exact) mass is 397 g/mol. The van der Waals surface area contributed by atoms with E-state index in [1.807, 2.05) is 6.07 Å². The zero-order valence-electron chi connectivity index (χ0n) is 17.7. The van der Waals surface area contributed by atoms with Crippen LogP contribution in [-0.4, -0.2) is 13.2 Å². The molecule has 2 saturated carbocycles. The van der Waals surface area contributed by atoms with Crippen LogP contribution < -0.4 is 10.1 Å². The molecule has 2 aliphatic rings. The number of para-hydroxylation sites is 1. The van der Waals surface area contributed by atoms with Crippen molar-refractivity contribution in [1.29, 1.82) is 0 Å². The highest BCUT2D eigenvalue weighted by Gasteiger charge is 2.50. The van der Waals surface area contributed by atoms with Crippen LogP contribution in [0.5, 0.6) is 5.75 Å². The van der Waals surface area contributed by atoms with Crippen LogP contribution in [0.3, 0.4) is 0 Å². The predicted molar refractivity (Wildman–Crippen MR) is 123 cm³/mol. The van der Waals surface area contributed by atoms with Crippen molar-refractivity contribution < 1.29 is 4.74 Å². The first-order chi connectivity index (χ1) is 14.8. The van der Waals surface area contributed by atoms with Crippen molar-refractivity contribution in [1.82, 2.24) is 5.32 Å². The molecule has 0 spiro atoms. The molecule has 2 bridgehead atoms. The summed E-state index contributed by atoms with van der Waals surface area (Å²) in [5, 5.41) is 3.99. The summed E-state index contributed by atoms with van der Waals surface area (Å²) >= 11 is 0. The first kappa shape index (κ1) is 19.4. The average Bonchev–Trinajstić information content (AvgIpc) is 3.42. The molecule has 0 saturated heterocycles. The number of rotatable bonds is 7. The Balaban J connectivity index is 1.47. The van der Waals surface area contributed by atoms with Gasteiger partial charge in [-0.2, -0.15) is 0 Å². The van der Waals surface area contributed by atoms with Gasteiger partial charge in [0.05, 0.1) is 7.11 Å². The molecule has 0 radical (unpaired) electrons. The summed E-state index contributed by atoms with van der Waals surface area (Å²) in [5.41, 5.74) is 4.15. The number of fused-ring (bicyclic) bond motifs is 2. The van der Waals surface area contributed by atoms with Gasteiger partial charge in [0, 0.05) is 24.1 Å². The number of methoxy groups -OCH3 is 1. The SMILES string of the molecule is COc1ccccc1CNC1C2CCC(C2)C1C(c1ccccc1)c1ccccc1. The van der Waals surface area contributed by atoms with Gasteiger partial charge in [-0.25, -0.2) is 0 Å². The Morgan fingerprint density at radius 3 is 2.07 bits per heavy atom. The van der Waals surface area contributed by atoms with Gasteiger partial charge in [0.15, 0.2) is 0 Å². The van der Waals surface area contributed by atoms with E-state index in [1.165, 1.54) is 36.0 Å². The largest absolute Gasteiger partial charge is 0.496 e. The molecule has 154 valence electrons. The van der Waals surface area contributed by atoms with Gasteiger partial charge in [-0.15, -0.1) is 0 Å². The van der Waals surface area contributed by atoms with E-state index in [9.17, 15) is 0 Å². The first-order valence-electron chi connectivity index (χ1n) is 11.3. The smallest absolute Gasteiger partial charge is 0.123 e. The maximum atomic E-state index is 5.60. The minimum absolute atomic E-state index is 0.442. The van der Waals surface area contributed by atoms with Crippen LogP contribution in [0.1, 0.15) is 41.9 Å². The second-order valence-corrected chi connectivity index (χ2v) is 8.93. The Hall–Kier alpha value is -2.58. The Kier molecular flexibility index (Phi) is 5.59. The lowest BCUT2D eigenvalue weighted by molar-refractivity contribution is 0.224. The second-order valence-electron chi connectivity index (χ2n) is 8.93. The maximum absolute atomic E-state index is 5.60. The minimum Gasteiger partial charge on any atom is -0.496 e. The minimum atomic E-state index is 0.442. The van der Waals surface area contributed by atoms with Crippen LogP contribution in [0, 0.1) is 17.8 Å². The van der Waals surface area contributed by atoms with Gasteiger partial charge in [-0.1, -0.05) is 78.9 Å². The molecule has 4 unspecified atom stereocenters. The predicted octanol–water partition coefficient (Wildman–Crippen LogP) is 6.03. The van der Waals surface area contributed by atoms with Crippen molar-refractivity contribution in [3.8, 4) is 5.75 Å². The van der Waals surface area contributed by atoms with Crippen LogP contribution >= 0.6 is 0 Å². The van der Waals surface area contributed by atoms with Crippen LogP contribution in [-0.2, 0) is 6.54 Å². The second kappa shape index (κ2) is 8.65. The van der Waals surface area contributed by atoms with Gasteiger partial charge < -0.3 is 10.1 Å². The lowest BCUT2D eigenvalue weighted by atomic mass is 9.70. The van der Waals surface area contributed by atoms with Crippen LogP contribution in [0.2, 0.25) is 0 Å². The van der Waals surface area contributed by atoms with Crippen molar-refractivity contribution in [2.24, 2.45) is 17.8 Å². The molecule has 5 rings (SSSR count). The fourth-order valence-corrected chi connectivity index (χ4v) is 6.15. The van der Waals surface area contributed by atoms with E-state index in [4.69, 9.17) is 4.74 Å². The van der Waals surface area contributed by atoms with E-state index in [-0.39, 0.29) is 0 Å². The average molecular weight is 398 g/mol. The van der Waals surface area contributed by atoms with Crippen molar-refractivity contribution >= 4 is 0 Å². The number of benzene rings is 3. The van der Waals surface area contributed by atoms with Crippen molar-refractivity contribution in [3.05, 3.63) is 102 Å². The molecule has 2 fully saturated rings. The van der Waals surface area contributed by atoms with E-state index in [1.54, 1.807) is 7.11 Å². The lowest BCUT2D eigenvalue weighted by Gasteiger charge is -2.38. The third kappa shape index (κ3) is 3.65. The third-order valence-corrected chi connectivity index (χ3v) is 7.40. The van der Waals surface area contributed by atoms with Gasteiger partial charge in [-0.05, 0) is 54.2 Å². The summed E-state index contributed by atoms with van der Waals surface area (Å²) in [6.45, 7) is 0.866. The highest BCUT2D eigenvalue weighted by atomic mass is 16.5. The fourth-order valence-electron chi connectivity index (χ4n) is 6.15. The Labute approximate surface area is 180 Å². The van der Waals surface area contributed by atoms with E-state index < -0.39 is 0 Å². The van der Waals surface area contributed by atoms with Crippen molar-refractivity contribution in [2.75, 3.05) is 7.11 Å². The molecule has 2 heteroatoms. The molecule has 0 amide bonds. The standard InChI is InChI=1S/C28H31NO/c1-30-25-15-9-8-14-24(25)19-29-28-23-17-16-22(18-23)27(28)26(20-10-4-2-5-11-20)21-12-6-3-7-13-21/h2-15,22-23,26-29H,16-19H2,1H3. The molecule has 2 nitrogen and oxygen atoms in total. The molecular formula is C28H31NO. The van der Waals surface area contributed by atoms with E-state index >= 15 is 0 Å². The molecule has 3 aromatic rings. The summed E-state index contributed by atoms with van der Waals surface area (Å²) in [6, 6.07) is 31.2. The molecule has 4 atom stereocenters. The highest BCUT2D eigenvalue weighted by molar-refractivity contribution is 5.36. The summed E-state index contributed by atoms with van der Waals surface area (Å²) in [6.07, 6.45) is 4.10. The summed E-state index contributed by atoms with van der Waals surface area (Å²) < 4.78 is 5.60. The van der Waals surface area contributed by atoms with Gasteiger partial charge in [-0.3, -0.25) is 0 Å². The van der Waals surface area contributed by atoms with Crippen LogP contribution in [0.15, 0.2) is 84.9 Å². The number of nitrogens with one attached hydrogen (secondary N) is 1. The molecule has 0 aromatic heterocycles. The van der Waals surface area contributed by atoms with Gasteiger partial charge >= 0.3 is 0 Å². The normalized spacial score (nSPS) is 25.0. The maximum Gasteiger partial charge on any atom is 0.123 e. The van der Waals surface area contributed by atoms with Crippen LogP contribution in [0.25, 0.3) is 0 Å². The summed E-state index contributed by atoms with van der Waals surface area (Å²) in [4.78, 5) is 0. The quantitative estimate of drug-likeness (QED) is 0.525. The first-order valence-corrected chi connectivity index (χ1v) is 11.3. The summed E-state index contributed by atoms with van der Waals surface area (Å²) in [5.74, 6) is 3.63. The molecule has 0 heterocycles. The molecular weight excluding hydrogens is 366 g/mol. The third-order valence-electron chi connectivity index (χ3n) is 7.40. The highest BCUT2D eigenvalue weighted by Crippen LogP contribution is 2.55. The molecule has 30 heavy (non-hydrogen) atoms. The molecule has 2 aliphatic carbocycles. The van der Waals surface area contributed by atoms with Crippen LogP contribution in [0.4, 0.5) is 0 Å². The fraction of sp³-hybridized carbons (Fsp3) is 0.357.